The Balaban J connectivity index is 1.22. The van der Waals surface area contributed by atoms with E-state index in [0.29, 0.717) is 25.3 Å². The molecule has 6 rings (SSSR count). The Labute approximate surface area is 242 Å². The number of hydrogen-bond donors (Lipinski definition) is 2. The third-order valence-corrected chi connectivity index (χ3v) is 9.16. The molecule has 1 aromatic heterocycles. The topological polar surface area (TPSA) is 88.8 Å². The number of nitrogens with one attached hydrogen (secondary N) is 1. The lowest BCUT2D eigenvalue weighted by Crippen LogP contribution is -2.54. The van der Waals surface area contributed by atoms with Crippen LogP contribution < -0.4 is 5.32 Å². The second-order valence-corrected chi connectivity index (χ2v) is 11.8. The summed E-state index contributed by atoms with van der Waals surface area (Å²) in [5.74, 6) is -0.0616. The van der Waals surface area contributed by atoms with Crippen molar-refractivity contribution in [3.8, 4) is 11.3 Å². The van der Waals surface area contributed by atoms with Crippen LogP contribution in [-0.4, -0.2) is 83.2 Å². The summed E-state index contributed by atoms with van der Waals surface area (Å²) >= 11 is 0. The SMILES string of the molecule is COC[C@]1(O)CCCC[C@H]1n1cnc(C(=O)N2CCNC[C@H]2CCOC2Cc3ccccc3C2)c1-c1ccccc1. The number of fused-ring (bicyclic) bond motifs is 1. The molecule has 3 aliphatic rings. The van der Waals surface area contributed by atoms with Gasteiger partial charge in [0.2, 0.25) is 0 Å². The number of benzene rings is 2. The van der Waals surface area contributed by atoms with Gasteiger partial charge in [-0.1, -0.05) is 67.4 Å². The Bertz CT molecular complexity index is 1300. The number of methoxy groups -OCH3 is 1. The summed E-state index contributed by atoms with van der Waals surface area (Å²) in [6.07, 6.45) is 8.07. The highest BCUT2D eigenvalue weighted by Crippen LogP contribution is 2.41. The number of aromatic nitrogens is 2. The highest BCUT2D eigenvalue weighted by Gasteiger charge is 2.42. The maximum absolute atomic E-state index is 14.2. The summed E-state index contributed by atoms with van der Waals surface area (Å²) in [7, 11) is 1.63. The van der Waals surface area contributed by atoms with Crippen molar-refractivity contribution in [2.75, 3.05) is 40.0 Å². The van der Waals surface area contributed by atoms with Crippen LogP contribution in [0.5, 0.6) is 0 Å². The van der Waals surface area contributed by atoms with Crippen molar-refractivity contribution in [2.24, 2.45) is 0 Å². The fourth-order valence-electron chi connectivity index (χ4n) is 7.09. The number of rotatable bonds is 9. The Morgan fingerprint density at radius 1 is 1.10 bits per heavy atom. The van der Waals surface area contributed by atoms with E-state index in [0.717, 1.165) is 62.9 Å². The average Bonchev–Trinajstić information content (AvgIpc) is 3.62. The zero-order valence-electron chi connectivity index (χ0n) is 24.0. The molecule has 1 saturated heterocycles. The van der Waals surface area contributed by atoms with Crippen LogP contribution in [0, 0.1) is 0 Å². The van der Waals surface area contributed by atoms with Crippen molar-refractivity contribution in [3.63, 3.8) is 0 Å². The molecule has 3 aromatic rings. The lowest BCUT2D eigenvalue weighted by atomic mass is 9.80. The van der Waals surface area contributed by atoms with Crippen LogP contribution in [-0.2, 0) is 22.3 Å². The van der Waals surface area contributed by atoms with Gasteiger partial charge in [-0.2, -0.15) is 0 Å². The third kappa shape index (κ3) is 5.84. The summed E-state index contributed by atoms with van der Waals surface area (Å²) in [6.45, 7) is 2.97. The van der Waals surface area contributed by atoms with E-state index in [1.807, 2.05) is 39.8 Å². The molecule has 1 amide bonds. The van der Waals surface area contributed by atoms with E-state index >= 15 is 0 Å². The molecule has 2 heterocycles. The van der Waals surface area contributed by atoms with Crippen molar-refractivity contribution >= 4 is 5.91 Å². The Morgan fingerprint density at radius 2 is 1.85 bits per heavy atom. The van der Waals surface area contributed by atoms with Crippen molar-refractivity contribution in [3.05, 3.63) is 77.7 Å². The fraction of sp³-hybridized carbons (Fsp3) is 0.515. The minimum atomic E-state index is -1.01. The first-order chi connectivity index (χ1) is 20.1. The summed E-state index contributed by atoms with van der Waals surface area (Å²) in [5.41, 5.74) is 3.90. The van der Waals surface area contributed by atoms with Crippen molar-refractivity contribution < 1.29 is 19.4 Å². The second kappa shape index (κ2) is 12.4. The molecule has 8 nitrogen and oxygen atoms in total. The van der Waals surface area contributed by atoms with Crippen LogP contribution in [0.3, 0.4) is 0 Å². The minimum Gasteiger partial charge on any atom is -0.385 e. The summed E-state index contributed by atoms with van der Waals surface area (Å²) in [5, 5.41) is 15.1. The van der Waals surface area contributed by atoms with Gasteiger partial charge in [-0.3, -0.25) is 4.79 Å². The van der Waals surface area contributed by atoms with Crippen LogP contribution >= 0.6 is 0 Å². The van der Waals surface area contributed by atoms with E-state index in [4.69, 9.17) is 14.5 Å². The van der Waals surface area contributed by atoms with Gasteiger partial charge < -0.3 is 29.4 Å². The number of carbonyl (C=O) groups excluding carboxylic acids is 1. The maximum Gasteiger partial charge on any atom is 0.275 e. The van der Waals surface area contributed by atoms with Gasteiger partial charge in [0.05, 0.1) is 30.8 Å². The Kier molecular flexibility index (Phi) is 8.53. The molecule has 0 spiro atoms. The molecular weight excluding hydrogens is 516 g/mol. The standard InChI is InChI=1S/C33H42N4O4/c1-40-22-33(39)15-8-7-13-29(33)37-23-35-30(31(37)24-9-3-2-4-10-24)32(38)36-17-16-34-21-27(36)14-18-41-28-19-25-11-5-6-12-26(25)20-28/h2-6,9-12,23,27-29,34,39H,7-8,13-22H2,1H3/t27-,29-,33-/m1/s1. The quantitative estimate of drug-likeness (QED) is 0.412. The highest BCUT2D eigenvalue weighted by molar-refractivity contribution is 5.98. The zero-order valence-corrected chi connectivity index (χ0v) is 24.0. The van der Waals surface area contributed by atoms with Crippen LogP contribution in [0.15, 0.2) is 60.9 Å². The van der Waals surface area contributed by atoms with Gasteiger partial charge in [0.1, 0.15) is 5.60 Å². The van der Waals surface area contributed by atoms with Gasteiger partial charge in [-0.05, 0) is 43.2 Å². The second-order valence-electron chi connectivity index (χ2n) is 11.8. The molecule has 2 aromatic carbocycles. The van der Waals surface area contributed by atoms with Crippen LogP contribution in [0.1, 0.15) is 59.8 Å². The number of piperazine rings is 1. The molecule has 1 aliphatic heterocycles. The Hall–Kier alpha value is -3.04. The molecule has 0 unspecified atom stereocenters. The number of hydrogen-bond acceptors (Lipinski definition) is 6. The molecule has 2 aliphatic carbocycles. The van der Waals surface area contributed by atoms with E-state index in [2.05, 4.69) is 29.6 Å². The first-order valence-corrected chi connectivity index (χ1v) is 15.1. The molecule has 0 bridgehead atoms. The monoisotopic (exact) mass is 558 g/mol. The van der Waals surface area contributed by atoms with Gasteiger partial charge in [-0.15, -0.1) is 0 Å². The van der Waals surface area contributed by atoms with Crippen molar-refractivity contribution in [1.82, 2.24) is 19.8 Å². The van der Waals surface area contributed by atoms with Gasteiger partial charge >= 0.3 is 0 Å². The number of nitrogens with zero attached hydrogens (tertiary/aromatic N) is 3. The normalized spacial score (nSPS) is 24.9. The molecular formula is C33H42N4O4. The number of carbonyl (C=O) groups is 1. The average molecular weight is 559 g/mol. The third-order valence-electron chi connectivity index (χ3n) is 9.16. The molecule has 41 heavy (non-hydrogen) atoms. The molecule has 2 fully saturated rings. The van der Waals surface area contributed by atoms with E-state index in [1.54, 1.807) is 13.4 Å². The zero-order chi connectivity index (χ0) is 28.2. The molecule has 2 N–H and O–H groups in total. The van der Waals surface area contributed by atoms with Crippen molar-refractivity contribution in [1.29, 1.82) is 0 Å². The molecule has 0 radical (unpaired) electrons. The number of imidazole rings is 1. The fourth-order valence-corrected chi connectivity index (χ4v) is 7.09. The maximum atomic E-state index is 14.2. The van der Waals surface area contributed by atoms with E-state index < -0.39 is 5.60 Å². The molecule has 218 valence electrons. The lowest BCUT2D eigenvalue weighted by Gasteiger charge is -2.41. The van der Waals surface area contributed by atoms with E-state index in [-0.39, 0.29) is 30.7 Å². The minimum absolute atomic E-state index is 0.0221. The predicted molar refractivity (Wildman–Crippen MR) is 158 cm³/mol. The molecule has 8 heteroatoms. The first-order valence-electron chi connectivity index (χ1n) is 15.1. The van der Waals surface area contributed by atoms with Gasteiger partial charge in [0.25, 0.3) is 5.91 Å². The smallest absolute Gasteiger partial charge is 0.275 e. The number of amides is 1. The number of aliphatic hydroxyl groups is 1. The van der Waals surface area contributed by atoms with Crippen LogP contribution in [0.25, 0.3) is 11.3 Å². The molecule has 3 atom stereocenters. The molecule has 1 saturated carbocycles. The van der Waals surface area contributed by atoms with E-state index in [1.165, 1.54) is 11.1 Å². The predicted octanol–water partition coefficient (Wildman–Crippen LogP) is 4.03. The van der Waals surface area contributed by atoms with Crippen molar-refractivity contribution in [2.45, 2.75) is 68.7 Å². The summed E-state index contributed by atoms with van der Waals surface area (Å²) in [6, 6.07) is 18.3. The van der Waals surface area contributed by atoms with Gasteiger partial charge in [0, 0.05) is 45.0 Å². The lowest BCUT2D eigenvalue weighted by molar-refractivity contribution is -0.0893. The largest absolute Gasteiger partial charge is 0.385 e. The summed E-state index contributed by atoms with van der Waals surface area (Å²) < 4.78 is 13.8. The highest BCUT2D eigenvalue weighted by atomic mass is 16.5. The van der Waals surface area contributed by atoms with Gasteiger partial charge in [0.15, 0.2) is 5.69 Å². The number of ether oxygens (including phenoxy) is 2. The summed E-state index contributed by atoms with van der Waals surface area (Å²) in [4.78, 5) is 21.0. The van der Waals surface area contributed by atoms with E-state index in [9.17, 15) is 9.90 Å². The van der Waals surface area contributed by atoms with Gasteiger partial charge in [-0.25, -0.2) is 4.98 Å². The Morgan fingerprint density at radius 3 is 2.61 bits per heavy atom. The first kappa shape index (κ1) is 28.1. The van der Waals surface area contributed by atoms with Crippen LogP contribution in [0.2, 0.25) is 0 Å². The van der Waals surface area contributed by atoms with Crippen LogP contribution in [0.4, 0.5) is 0 Å².